The van der Waals surface area contributed by atoms with Gasteiger partial charge < -0.3 is 0 Å². The van der Waals surface area contributed by atoms with E-state index in [-0.39, 0.29) is 12.0 Å². The first kappa shape index (κ1) is 14.7. The van der Waals surface area contributed by atoms with Crippen molar-refractivity contribution in [3.63, 3.8) is 0 Å². The van der Waals surface area contributed by atoms with E-state index >= 15 is 0 Å². The number of aryl methyl sites for hydroxylation is 1. The highest BCUT2D eigenvalue weighted by molar-refractivity contribution is 5.56. The molecule has 0 N–H and O–H groups in total. The summed E-state index contributed by atoms with van der Waals surface area (Å²) in [5.74, 6) is -0.319. The Morgan fingerprint density at radius 3 is 2.52 bits per heavy atom. The number of halogens is 3. The molecule has 0 saturated heterocycles. The first-order valence-corrected chi connectivity index (χ1v) is 6.12. The largest absolute Gasteiger partial charge is 0.266 e. The van der Waals surface area contributed by atoms with Crippen LogP contribution in [0.4, 0.5) is 13.2 Å². The van der Waals surface area contributed by atoms with Gasteiger partial charge >= 0.3 is 0 Å². The lowest BCUT2D eigenvalue weighted by Gasteiger charge is -2.03. The average Bonchev–Trinajstić information content (AvgIpc) is 2.47. The summed E-state index contributed by atoms with van der Waals surface area (Å²) in [4.78, 5) is 8.15. The lowest BCUT2D eigenvalue weighted by atomic mass is 10.1. The number of nitrogens with zero attached hydrogens (tertiary/aromatic N) is 3. The van der Waals surface area contributed by atoms with Gasteiger partial charge in [0.2, 0.25) is 0 Å². The van der Waals surface area contributed by atoms with E-state index in [2.05, 4.69) is 9.97 Å². The Bertz CT molecular complexity index is 699. The third-order valence-corrected chi connectivity index (χ3v) is 2.78. The molecule has 2 rings (SSSR count). The minimum atomic E-state index is -1.71. The summed E-state index contributed by atoms with van der Waals surface area (Å²) in [6.45, 7) is 0. The highest BCUT2D eigenvalue weighted by Crippen LogP contribution is 2.18. The molecule has 21 heavy (non-hydrogen) atoms. The summed E-state index contributed by atoms with van der Waals surface area (Å²) in [6, 6.07) is 5.83. The van der Waals surface area contributed by atoms with Crippen LogP contribution in [0.25, 0.3) is 11.4 Å². The lowest BCUT2D eigenvalue weighted by Crippen LogP contribution is -1.94. The van der Waals surface area contributed by atoms with Crippen molar-refractivity contribution in [2.75, 3.05) is 0 Å². The second kappa shape index (κ2) is 6.66. The molecule has 1 heterocycles. The minimum Gasteiger partial charge on any atom is -0.236 e. The van der Waals surface area contributed by atoms with Gasteiger partial charge in [-0.15, -0.1) is 0 Å². The number of rotatable bonds is 4. The van der Waals surface area contributed by atoms with E-state index in [0.717, 1.165) is 6.08 Å². The molecule has 0 bridgehead atoms. The fraction of sp³-hybridized carbons (Fsp3) is 0.133. The van der Waals surface area contributed by atoms with E-state index in [0.29, 0.717) is 23.4 Å². The number of allylic oxidation sites excluding steroid dienone is 1. The molecule has 106 valence electrons. The number of hydrogen-bond acceptors (Lipinski definition) is 3. The summed E-state index contributed by atoms with van der Waals surface area (Å²) in [5, 5.41) is 8.66. The second-order valence-electron chi connectivity index (χ2n) is 4.25. The monoisotopic (exact) mass is 289 g/mol. The molecule has 0 fully saturated rings. The normalized spacial score (nSPS) is 10.0. The maximum Gasteiger partial charge on any atom is 0.266 e. The van der Waals surface area contributed by atoms with Crippen LogP contribution in [-0.2, 0) is 6.42 Å². The van der Waals surface area contributed by atoms with Crippen LogP contribution in [0.15, 0.2) is 42.7 Å². The number of hydrogen-bond donors (Lipinski definition) is 0. The summed E-state index contributed by atoms with van der Waals surface area (Å²) in [6.07, 6.45) is 2.77. The van der Waals surface area contributed by atoms with Crippen LogP contribution in [-0.4, -0.2) is 9.97 Å². The van der Waals surface area contributed by atoms with Crippen molar-refractivity contribution in [1.29, 1.82) is 5.26 Å². The molecule has 1 aromatic heterocycles. The van der Waals surface area contributed by atoms with Gasteiger partial charge in [0, 0.05) is 18.0 Å². The van der Waals surface area contributed by atoms with Crippen LogP contribution < -0.4 is 0 Å². The fourth-order valence-electron chi connectivity index (χ4n) is 1.73. The predicted molar refractivity (Wildman–Crippen MR) is 70.8 cm³/mol. The molecule has 0 aliphatic rings. The quantitative estimate of drug-likeness (QED) is 0.858. The highest BCUT2D eigenvalue weighted by Gasteiger charge is 2.06. The molecule has 6 heteroatoms. The molecule has 0 saturated carbocycles. The van der Waals surface area contributed by atoms with Gasteiger partial charge in [-0.3, -0.25) is 0 Å². The average molecular weight is 289 g/mol. The van der Waals surface area contributed by atoms with E-state index in [1.165, 1.54) is 24.5 Å². The summed E-state index contributed by atoms with van der Waals surface area (Å²) >= 11 is 0. The topological polar surface area (TPSA) is 49.6 Å². The molecule has 1 aromatic carbocycles. The zero-order valence-corrected chi connectivity index (χ0v) is 10.9. The lowest BCUT2D eigenvalue weighted by molar-refractivity contribution is 0.417. The van der Waals surface area contributed by atoms with Crippen molar-refractivity contribution in [3.8, 4) is 17.5 Å². The molecule has 0 atom stereocenters. The SMILES string of the molecule is N#Cc1ccc(-c2ncc(CCC=C(F)F)cn2)cc1F. The molecule has 0 aliphatic carbocycles. The van der Waals surface area contributed by atoms with Gasteiger partial charge in [-0.1, -0.05) is 0 Å². The van der Waals surface area contributed by atoms with E-state index < -0.39 is 11.9 Å². The van der Waals surface area contributed by atoms with Crippen LogP contribution in [0.1, 0.15) is 17.5 Å². The first-order chi connectivity index (χ1) is 10.1. The molecular formula is C15H10F3N3. The Hall–Kier alpha value is -2.68. The van der Waals surface area contributed by atoms with Crippen LogP contribution in [0.5, 0.6) is 0 Å². The Balaban J connectivity index is 2.14. The Morgan fingerprint density at radius 1 is 1.24 bits per heavy atom. The summed E-state index contributed by atoms with van der Waals surface area (Å²) in [5.41, 5.74) is 1.12. The second-order valence-corrected chi connectivity index (χ2v) is 4.25. The van der Waals surface area contributed by atoms with Crippen molar-refractivity contribution in [2.45, 2.75) is 12.8 Å². The molecule has 0 amide bonds. The number of nitriles is 1. The van der Waals surface area contributed by atoms with Gasteiger partial charge in [0.05, 0.1) is 5.56 Å². The fourth-order valence-corrected chi connectivity index (χ4v) is 1.73. The third kappa shape index (κ3) is 3.89. The zero-order chi connectivity index (χ0) is 15.2. The van der Waals surface area contributed by atoms with Gasteiger partial charge in [-0.2, -0.15) is 14.0 Å². The maximum absolute atomic E-state index is 13.5. The molecular weight excluding hydrogens is 279 g/mol. The van der Waals surface area contributed by atoms with Crippen LogP contribution >= 0.6 is 0 Å². The third-order valence-electron chi connectivity index (χ3n) is 2.78. The predicted octanol–water partition coefficient (Wildman–Crippen LogP) is 3.87. The van der Waals surface area contributed by atoms with E-state index in [1.807, 2.05) is 0 Å². The number of benzene rings is 1. The van der Waals surface area contributed by atoms with E-state index in [1.54, 1.807) is 12.1 Å². The van der Waals surface area contributed by atoms with Gasteiger partial charge in [-0.25, -0.2) is 14.4 Å². The van der Waals surface area contributed by atoms with Gasteiger partial charge in [0.25, 0.3) is 6.08 Å². The summed E-state index contributed by atoms with van der Waals surface area (Å²) in [7, 11) is 0. The molecule has 0 spiro atoms. The van der Waals surface area contributed by atoms with Crippen molar-refractivity contribution < 1.29 is 13.2 Å². The van der Waals surface area contributed by atoms with Crippen molar-refractivity contribution in [2.24, 2.45) is 0 Å². The molecule has 0 aliphatic heterocycles. The molecule has 2 aromatic rings. The maximum atomic E-state index is 13.5. The summed E-state index contributed by atoms with van der Waals surface area (Å²) < 4.78 is 37.3. The van der Waals surface area contributed by atoms with Gasteiger partial charge in [0.15, 0.2) is 5.82 Å². The Morgan fingerprint density at radius 2 is 1.95 bits per heavy atom. The standard InChI is InChI=1S/C15H10F3N3/c16-13-6-11(4-5-12(13)7-19)15-20-8-10(9-21-15)2-1-3-14(17)18/h3-6,8-9H,1-2H2. The van der Waals surface area contributed by atoms with Crippen molar-refractivity contribution in [3.05, 3.63) is 59.7 Å². The molecule has 0 unspecified atom stereocenters. The van der Waals surface area contributed by atoms with E-state index in [4.69, 9.17) is 5.26 Å². The van der Waals surface area contributed by atoms with Gasteiger partial charge in [0.1, 0.15) is 11.9 Å². The Kier molecular flexibility index (Phi) is 4.67. The molecule has 3 nitrogen and oxygen atoms in total. The van der Waals surface area contributed by atoms with Gasteiger partial charge in [-0.05, 0) is 42.7 Å². The van der Waals surface area contributed by atoms with E-state index in [9.17, 15) is 13.2 Å². The number of aromatic nitrogens is 2. The minimum absolute atomic E-state index is 0.0459. The first-order valence-electron chi connectivity index (χ1n) is 6.12. The van der Waals surface area contributed by atoms with Crippen LogP contribution in [0.2, 0.25) is 0 Å². The molecule has 0 radical (unpaired) electrons. The smallest absolute Gasteiger partial charge is 0.236 e. The van der Waals surface area contributed by atoms with Crippen molar-refractivity contribution in [1.82, 2.24) is 9.97 Å². The van der Waals surface area contributed by atoms with Crippen LogP contribution in [0, 0.1) is 17.1 Å². The van der Waals surface area contributed by atoms with Crippen molar-refractivity contribution >= 4 is 0 Å². The Labute approximate surface area is 119 Å². The zero-order valence-electron chi connectivity index (χ0n) is 10.9. The highest BCUT2D eigenvalue weighted by atomic mass is 19.3. The van der Waals surface area contributed by atoms with Crippen LogP contribution in [0.3, 0.4) is 0 Å².